The van der Waals surface area contributed by atoms with Crippen LogP contribution in [0.2, 0.25) is 0 Å². The van der Waals surface area contributed by atoms with E-state index in [0.29, 0.717) is 18.4 Å². The van der Waals surface area contributed by atoms with E-state index in [0.717, 1.165) is 19.4 Å². The van der Waals surface area contributed by atoms with Crippen LogP contribution in [0.4, 0.5) is 0 Å². The summed E-state index contributed by atoms with van der Waals surface area (Å²) >= 11 is 0. The fourth-order valence-corrected chi connectivity index (χ4v) is 3.02. The second-order valence-electron chi connectivity index (χ2n) is 6.21. The molecule has 4 unspecified atom stereocenters. The summed E-state index contributed by atoms with van der Waals surface area (Å²) in [5, 5.41) is 3.00. The number of hydrogen-bond acceptors (Lipinski definition) is 3. The Balaban J connectivity index is 2.30. The molecule has 4 nitrogen and oxygen atoms in total. The van der Waals surface area contributed by atoms with Crippen LogP contribution < -0.4 is 11.1 Å². The zero-order valence-corrected chi connectivity index (χ0v) is 13.4. The molecule has 20 heavy (non-hydrogen) atoms. The van der Waals surface area contributed by atoms with Crippen molar-refractivity contribution in [2.24, 2.45) is 17.6 Å². The predicted octanol–water partition coefficient (Wildman–Crippen LogP) is 2.46. The van der Waals surface area contributed by atoms with E-state index in [1.807, 2.05) is 13.8 Å². The highest BCUT2D eigenvalue weighted by Gasteiger charge is 2.25. The lowest BCUT2D eigenvalue weighted by atomic mass is 9.80. The summed E-state index contributed by atoms with van der Waals surface area (Å²) in [5.74, 6) is 1.10. The van der Waals surface area contributed by atoms with Gasteiger partial charge in [0.15, 0.2) is 0 Å². The lowest BCUT2D eigenvalue weighted by Gasteiger charge is -2.31. The Morgan fingerprint density at radius 2 is 1.95 bits per heavy atom. The average Bonchev–Trinajstić information content (AvgIpc) is 2.45. The molecular formula is C16H32N2O2. The van der Waals surface area contributed by atoms with Crippen molar-refractivity contribution in [3.05, 3.63) is 0 Å². The van der Waals surface area contributed by atoms with Gasteiger partial charge in [0.1, 0.15) is 6.10 Å². The normalized spacial score (nSPS) is 26.0. The third kappa shape index (κ3) is 5.80. The van der Waals surface area contributed by atoms with Crippen LogP contribution in [-0.4, -0.2) is 31.2 Å². The van der Waals surface area contributed by atoms with Gasteiger partial charge in [-0.3, -0.25) is 4.79 Å². The minimum absolute atomic E-state index is 0.00561. The fourth-order valence-electron chi connectivity index (χ4n) is 3.02. The zero-order valence-electron chi connectivity index (χ0n) is 13.4. The van der Waals surface area contributed by atoms with Crippen LogP contribution in [0.25, 0.3) is 0 Å². The van der Waals surface area contributed by atoms with Gasteiger partial charge in [-0.15, -0.1) is 0 Å². The van der Waals surface area contributed by atoms with Gasteiger partial charge in [0.2, 0.25) is 5.91 Å². The van der Waals surface area contributed by atoms with Crippen molar-refractivity contribution in [1.82, 2.24) is 5.32 Å². The van der Waals surface area contributed by atoms with Crippen LogP contribution in [0.3, 0.4) is 0 Å². The van der Waals surface area contributed by atoms with E-state index < -0.39 is 0 Å². The van der Waals surface area contributed by atoms with Crippen LogP contribution in [-0.2, 0) is 9.53 Å². The molecule has 4 atom stereocenters. The summed E-state index contributed by atoms with van der Waals surface area (Å²) in [6.45, 7) is 7.41. The second-order valence-corrected chi connectivity index (χ2v) is 6.21. The molecule has 1 aliphatic carbocycles. The number of hydrogen-bond donors (Lipinski definition) is 2. The number of nitrogens with one attached hydrogen (secondary N) is 1. The van der Waals surface area contributed by atoms with Gasteiger partial charge in [-0.05, 0) is 51.5 Å². The highest BCUT2D eigenvalue weighted by atomic mass is 16.5. The number of carbonyl (C=O) groups is 1. The summed E-state index contributed by atoms with van der Waals surface area (Å²) in [6.07, 6.45) is 6.66. The Labute approximate surface area is 123 Å². The zero-order chi connectivity index (χ0) is 15.0. The molecule has 3 N–H and O–H groups in total. The molecule has 0 heterocycles. The number of amides is 1. The molecule has 0 aromatic heterocycles. The molecule has 1 amide bonds. The maximum Gasteiger partial charge on any atom is 0.249 e. The Kier molecular flexibility index (Phi) is 8.15. The van der Waals surface area contributed by atoms with Crippen LogP contribution >= 0.6 is 0 Å². The van der Waals surface area contributed by atoms with Crippen LogP contribution in [0.15, 0.2) is 0 Å². The molecule has 1 saturated carbocycles. The molecule has 0 aliphatic heterocycles. The quantitative estimate of drug-likeness (QED) is 0.719. The van der Waals surface area contributed by atoms with E-state index in [2.05, 4.69) is 12.2 Å². The van der Waals surface area contributed by atoms with E-state index in [-0.39, 0.29) is 18.1 Å². The number of rotatable bonds is 8. The van der Waals surface area contributed by atoms with E-state index >= 15 is 0 Å². The van der Waals surface area contributed by atoms with Crippen molar-refractivity contribution in [3.8, 4) is 0 Å². The maximum atomic E-state index is 12.0. The van der Waals surface area contributed by atoms with Gasteiger partial charge < -0.3 is 15.8 Å². The van der Waals surface area contributed by atoms with Crippen molar-refractivity contribution < 1.29 is 9.53 Å². The van der Waals surface area contributed by atoms with Gasteiger partial charge in [-0.25, -0.2) is 0 Å². The molecule has 0 aromatic carbocycles. The molecule has 1 fully saturated rings. The first-order valence-corrected chi connectivity index (χ1v) is 8.20. The second kappa shape index (κ2) is 9.35. The third-order valence-corrected chi connectivity index (χ3v) is 4.41. The Bertz CT molecular complexity index is 284. The molecule has 0 radical (unpaired) electrons. The smallest absolute Gasteiger partial charge is 0.249 e. The summed E-state index contributed by atoms with van der Waals surface area (Å²) < 4.78 is 5.79. The number of carbonyl (C=O) groups excluding carboxylic acids is 1. The average molecular weight is 284 g/mol. The highest BCUT2D eigenvalue weighted by molar-refractivity contribution is 5.80. The lowest BCUT2D eigenvalue weighted by Crippen LogP contribution is -2.41. The Morgan fingerprint density at radius 3 is 2.55 bits per heavy atom. The predicted molar refractivity (Wildman–Crippen MR) is 82.4 cm³/mol. The standard InChI is InChI=1S/C16H32N2O2/c1-4-7-12(2)18-16(19)13(3)20-11-15-9-6-5-8-14(15)10-17/h12-15H,4-11,17H2,1-3H3,(H,18,19). The van der Waals surface area contributed by atoms with Gasteiger partial charge in [-0.2, -0.15) is 0 Å². The van der Waals surface area contributed by atoms with Crippen LogP contribution in [0, 0.1) is 11.8 Å². The molecule has 1 rings (SSSR count). The largest absolute Gasteiger partial charge is 0.368 e. The van der Waals surface area contributed by atoms with Gasteiger partial charge in [0, 0.05) is 6.04 Å². The van der Waals surface area contributed by atoms with E-state index in [1.54, 1.807) is 0 Å². The number of ether oxygens (including phenoxy) is 1. The monoisotopic (exact) mass is 284 g/mol. The summed E-state index contributed by atoms with van der Waals surface area (Å²) in [7, 11) is 0. The minimum Gasteiger partial charge on any atom is -0.368 e. The topological polar surface area (TPSA) is 64.3 Å². The van der Waals surface area contributed by atoms with Crippen molar-refractivity contribution in [1.29, 1.82) is 0 Å². The van der Waals surface area contributed by atoms with Crippen molar-refractivity contribution in [2.75, 3.05) is 13.2 Å². The van der Waals surface area contributed by atoms with E-state index in [4.69, 9.17) is 10.5 Å². The molecule has 0 saturated heterocycles. The van der Waals surface area contributed by atoms with Gasteiger partial charge in [0.25, 0.3) is 0 Å². The maximum absolute atomic E-state index is 12.0. The van der Waals surface area contributed by atoms with Crippen molar-refractivity contribution in [2.45, 2.75) is 71.4 Å². The van der Waals surface area contributed by atoms with E-state index in [1.165, 1.54) is 25.7 Å². The summed E-state index contributed by atoms with van der Waals surface area (Å²) in [4.78, 5) is 12.0. The number of nitrogens with two attached hydrogens (primary N) is 1. The molecule has 0 bridgehead atoms. The van der Waals surface area contributed by atoms with Gasteiger partial charge in [-0.1, -0.05) is 26.2 Å². The van der Waals surface area contributed by atoms with Gasteiger partial charge >= 0.3 is 0 Å². The van der Waals surface area contributed by atoms with Gasteiger partial charge in [0.05, 0.1) is 6.61 Å². The first-order valence-electron chi connectivity index (χ1n) is 8.20. The SMILES string of the molecule is CCCC(C)NC(=O)C(C)OCC1CCCCC1CN. The fraction of sp³-hybridized carbons (Fsp3) is 0.938. The molecule has 118 valence electrons. The summed E-state index contributed by atoms with van der Waals surface area (Å²) in [6, 6.07) is 0.227. The summed E-state index contributed by atoms with van der Waals surface area (Å²) in [5.41, 5.74) is 5.82. The lowest BCUT2D eigenvalue weighted by molar-refractivity contribution is -0.133. The third-order valence-electron chi connectivity index (χ3n) is 4.41. The molecule has 1 aliphatic rings. The van der Waals surface area contributed by atoms with E-state index in [9.17, 15) is 4.79 Å². The minimum atomic E-state index is -0.366. The molecule has 0 spiro atoms. The first kappa shape index (κ1) is 17.4. The van der Waals surface area contributed by atoms with Crippen LogP contribution in [0.5, 0.6) is 0 Å². The molecule has 4 heteroatoms. The van der Waals surface area contributed by atoms with Crippen molar-refractivity contribution in [3.63, 3.8) is 0 Å². The Morgan fingerprint density at radius 1 is 1.30 bits per heavy atom. The first-order chi connectivity index (χ1) is 9.58. The van der Waals surface area contributed by atoms with Crippen LogP contribution in [0.1, 0.15) is 59.3 Å². The molecular weight excluding hydrogens is 252 g/mol. The Hall–Kier alpha value is -0.610. The highest BCUT2D eigenvalue weighted by Crippen LogP contribution is 2.29. The van der Waals surface area contributed by atoms with Crippen molar-refractivity contribution >= 4 is 5.91 Å². The molecule has 0 aromatic rings.